The maximum atomic E-state index is 10.6. The van der Waals surface area contributed by atoms with Gasteiger partial charge in [-0.25, -0.2) is 4.68 Å². The van der Waals surface area contributed by atoms with Crippen LogP contribution in [0.4, 0.5) is 0 Å². The first-order chi connectivity index (χ1) is 18.1. The number of aliphatic hydroxyl groups excluding tert-OH is 1. The molecule has 2 aromatic heterocycles. The molecule has 1 unspecified atom stereocenters. The number of terminal acetylenes is 1. The van der Waals surface area contributed by atoms with Gasteiger partial charge in [-0.3, -0.25) is 4.90 Å². The van der Waals surface area contributed by atoms with Gasteiger partial charge in [-0.05, 0) is 55.5 Å². The van der Waals surface area contributed by atoms with Gasteiger partial charge in [0.15, 0.2) is 0 Å². The van der Waals surface area contributed by atoms with Crippen molar-refractivity contribution in [3.8, 4) is 35.4 Å². The van der Waals surface area contributed by atoms with Crippen molar-refractivity contribution >= 4 is 0 Å². The topological polar surface area (TPSA) is 82.1 Å². The predicted molar refractivity (Wildman–Crippen MR) is 140 cm³/mol. The van der Waals surface area contributed by atoms with E-state index in [1.807, 2.05) is 73.7 Å². The van der Waals surface area contributed by atoms with E-state index in [0.29, 0.717) is 31.3 Å². The number of para-hydroxylation sites is 1. The monoisotopic (exact) mass is 501 g/mol. The first-order valence-electron chi connectivity index (χ1n) is 12.0. The molecule has 2 aromatic carbocycles. The van der Waals surface area contributed by atoms with E-state index in [4.69, 9.17) is 30.1 Å². The second-order valence-corrected chi connectivity index (χ2v) is 8.52. The van der Waals surface area contributed by atoms with E-state index in [9.17, 15) is 5.11 Å². The fraction of sp³-hybridized carbons (Fsp3) is 0.276. The summed E-state index contributed by atoms with van der Waals surface area (Å²) in [4.78, 5) is 2.07. The zero-order valence-electron chi connectivity index (χ0n) is 21.0. The highest BCUT2D eigenvalue weighted by Gasteiger charge is 2.23. The third kappa shape index (κ3) is 7.02. The molecule has 37 heavy (non-hydrogen) atoms. The van der Waals surface area contributed by atoms with Crippen molar-refractivity contribution in [3.63, 3.8) is 0 Å². The number of benzene rings is 2. The standard InChI is InChI=1S/C29H31N3O5/c1-4-16-35-21-24(33)18-31(19-27-11-8-17-36-27)20-28-22(2)30-32(23-9-6-5-7-10-23)29(28)37-26-14-12-25(34-3)13-15-26/h1,5-15,17,24,33H,16,18-21H2,2-3H3. The molecule has 0 aliphatic carbocycles. The van der Waals surface area contributed by atoms with Gasteiger partial charge in [0.25, 0.3) is 0 Å². The molecule has 0 bridgehead atoms. The maximum Gasteiger partial charge on any atom is 0.227 e. The van der Waals surface area contributed by atoms with E-state index < -0.39 is 6.10 Å². The van der Waals surface area contributed by atoms with Crippen LogP contribution < -0.4 is 9.47 Å². The molecule has 8 heteroatoms. The number of aromatic nitrogens is 2. The molecule has 0 spiro atoms. The zero-order valence-corrected chi connectivity index (χ0v) is 21.0. The fourth-order valence-corrected chi connectivity index (χ4v) is 3.96. The van der Waals surface area contributed by atoms with Crippen LogP contribution in [-0.4, -0.2) is 52.8 Å². The lowest BCUT2D eigenvalue weighted by molar-refractivity contribution is 0.0228. The lowest BCUT2D eigenvalue weighted by Crippen LogP contribution is -2.34. The average molecular weight is 502 g/mol. The molecule has 0 saturated carbocycles. The van der Waals surface area contributed by atoms with Crippen molar-refractivity contribution in [2.45, 2.75) is 26.1 Å². The summed E-state index contributed by atoms with van der Waals surface area (Å²) in [6.45, 7) is 3.51. The molecule has 0 radical (unpaired) electrons. The first kappa shape index (κ1) is 26.0. The number of aliphatic hydroxyl groups is 1. The van der Waals surface area contributed by atoms with Crippen LogP contribution >= 0.6 is 0 Å². The molecule has 4 rings (SSSR count). The lowest BCUT2D eigenvalue weighted by atomic mass is 10.2. The predicted octanol–water partition coefficient (Wildman–Crippen LogP) is 4.59. The Morgan fingerprint density at radius 3 is 2.49 bits per heavy atom. The summed E-state index contributed by atoms with van der Waals surface area (Å²) in [6.07, 6.45) is 6.16. The van der Waals surface area contributed by atoms with Gasteiger partial charge in [-0.2, -0.15) is 5.10 Å². The van der Waals surface area contributed by atoms with Gasteiger partial charge in [-0.15, -0.1) is 6.42 Å². The Kier molecular flexibility index (Phi) is 9.00. The highest BCUT2D eigenvalue weighted by Crippen LogP contribution is 2.32. The summed E-state index contributed by atoms with van der Waals surface area (Å²) >= 11 is 0. The fourth-order valence-electron chi connectivity index (χ4n) is 3.96. The van der Waals surface area contributed by atoms with Crippen LogP contribution in [0.25, 0.3) is 5.69 Å². The van der Waals surface area contributed by atoms with Gasteiger partial charge in [0.2, 0.25) is 5.88 Å². The van der Waals surface area contributed by atoms with Crippen molar-refractivity contribution in [3.05, 3.63) is 90.0 Å². The molecule has 1 N–H and O–H groups in total. The Hall–Kier alpha value is -4.03. The Bertz CT molecular complexity index is 1280. The largest absolute Gasteiger partial charge is 0.497 e. The SMILES string of the molecule is C#CCOCC(O)CN(Cc1ccco1)Cc1c(C)nn(-c2ccccc2)c1Oc1ccc(OC)cc1. The van der Waals surface area contributed by atoms with E-state index in [0.717, 1.165) is 28.5 Å². The molecular formula is C29H31N3O5. The summed E-state index contributed by atoms with van der Waals surface area (Å²) < 4.78 is 24.4. The summed E-state index contributed by atoms with van der Waals surface area (Å²) in [5.74, 6) is 5.19. The molecule has 4 aromatic rings. The smallest absolute Gasteiger partial charge is 0.227 e. The molecule has 0 aliphatic rings. The summed E-state index contributed by atoms with van der Waals surface area (Å²) in [6, 6.07) is 21.0. The van der Waals surface area contributed by atoms with Crippen LogP contribution in [0.3, 0.4) is 0 Å². The van der Waals surface area contributed by atoms with Crippen molar-refractivity contribution in [1.29, 1.82) is 0 Å². The first-order valence-corrected chi connectivity index (χ1v) is 12.0. The van der Waals surface area contributed by atoms with Gasteiger partial charge < -0.3 is 23.7 Å². The number of hydrogen-bond acceptors (Lipinski definition) is 7. The molecule has 192 valence electrons. The van der Waals surface area contributed by atoms with Crippen LogP contribution in [0.2, 0.25) is 0 Å². The second-order valence-electron chi connectivity index (χ2n) is 8.52. The molecule has 1 atom stereocenters. The zero-order chi connectivity index (χ0) is 26.0. The quantitative estimate of drug-likeness (QED) is 0.212. The van der Waals surface area contributed by atoms with Gasteiger partial charge in [0.1, 0.15) is 23.9 Å². The average Bonchev–Trinajstić information content (AvgIpc) is 3.53. The van der Waals surface area contributed by atoms with Crippen LogP contribution in [0.5, 0.6) is 17.4 Å². The molecule has 0 saturated heterocycles. The number of methoxy groups -OCH3 is 1. The minimum absolute atomic E-state index is 0.135. The molecule has 8 nitrogen and oxygen atoms in total. The van der Waals surface area contributed by atoms with Crippen LogP contribution in [0, 0.1) is 19.3 Å². The van der Waals surface area contributed by atoms with Crippen molar-refractivity contribution in [2.75, 3.05) is 26.9 Å². The van der Waals surface area contributed by atoms with Gasteiger partial charge in [0.05, 0.1) is 49.6 Å². The maximum absolute atomic E-state index is 10.6. The van der Waals surface area contributed by atoms with Gasteiger partial charge in [-0.1, -0.05) is 24.1 Å². The number of rotatable bonds is 13. The van der Waals surface area contributed by atoms with E-state index in [-0.39, 0.29) is 13.2 Å². The second kappa shape index (κ2) is 12.8. The van der Waals surface area contributed by atoms with E-state index in [2.05, 4.69) is 10.8 Å². The summed E-state index contributed by atoms with van der Waals surface area (Å²) in [5, 5.41) is 15.4. The number of nitrogens with zero attached hydrogens (tertiary/aromatic N) is 3. The van der Waals surface area contributed by atoms with E-state index in [1.54, 1.807) is 18.1 Å². The highest BCUT2D eigenvalue weighted by molar-refractivity contribution is 5.44. The Morgan fingerprint density at radius 2 is 1.81 bits per heavy atom. The normalized spacial score (nSPS) is 11.9. The Morgan fingerprint density at radius 1 is 1.05 bits per heavy atom. The molecule has 2 heterocycles. The van der Waals surface area contributed by atoms with Crippen LogP contribution in [0.1, 0.15) is 17.0 Å². The van der Waals surface area contributed by atoms with Crippen molar-refractivity contribution in [2.24, 2.45) is 0 Å². The summed E-state index contributed by atoms with van der Waals surface area (Å²) in [5.41, 5.74) is 2.58. The molecular weight excluding hydrogens is 470 g/mol. The highest BCUT2D eigenvalue weighted by atomic mass is 16.5. The number of furan rings is 1. The van der Waals surface area contributed by atoms with E-state index in [1.165, 1.54) is 0 Å². The molecule has 0 aliphatic heterocycles. The van der Waals surface area contributed by atoms with E-state index >= 15 is 0 Å². The molecule has 0 fully saturated rings. The van der Waals surface area contributed by atoms with Crippen molar-refractivity contribution < 1.29 is 23.7 Å². The lowest BCUT2D eigenvalue weighted by Gasteiger charge is -2.24. The minimum atomic E-state index is -0.737. The molecule has 0 amide bonds. The van der Waals surface area contributed by atoms with Gasteiger partial charge >= 0.3 is 0 Å². The number of ether oxygens (including phenoxy) is 3. The van der Waals surface area contributed by atoms with Crippen LogP contribution in [-0.2, 0) is 17.8 Å². The summed E-state index contributed by atoms with van der Waals surface area (Å²) in [7, 11) is 1.63. The Labute approximate surface area is 217 Å². The number of hydrogen-bond donors (Lipinski definition) is 1. The Balaban J connectivity index is 1.66. The van der Waals surface area contributed by atoms with Gasteiger partial charge in [0, 0.05) is 13.1 Å². The third-order valence-electron chi connectivity index (χ3n) is 5.72. The van der Waals surface area contributed by atoms with Crippen LogP contribution in [0.15, 0.2) is 77.4 Å². The number of aryl methyl sites for hydroxylation is 1. The van der Waals surface area contributed by atoms with Crippen molar-refractivity contribution in [1.82, 2.24) is 14.7 Å². The third-order valence-corrected chi connectivity index (χ3v) is 5.72. The minimum Gasteiger partial charge on any atom is -0.497 e.